The van der Waals surface area contributed by atoms with Crippen molar-refractivity contribution in [3.8, 4) is 22.6 Å². The Morgan fingerprint density at radius 3 is 2.33 bits per heavy atom. The van der Waals surface area contributed by atoms with E-state index in [-0.39, 0.29) is 24.4 Å². The highest BCUT2D eigenvalue weighted by atomic mass is 32.2. The number of aliphatic hydroxyl groups excluding tert-OH is 1. The van der Waals surface area contributed by atoms with Crippen molar-refractivity contribution in [3.05, 3.63) is 113 Å². The van der Waals surface area contributed by atoms with Crippen molar-refractivity contribution < 1.29 is 32.9 Å². The van der Waals surface area contributed by atoms with Crippen molar-refractivity contribution in [2.45, 2.75) is 19.6 Å². The van der Waals surface area contributed by atoms with Gasteiger partial charge in [-0.1, -0.05) is 54.6 Å². The van der Waals surface area contributed by atoms with Gasteiger partial charge in [0.1, 0.15) is 24.7 Å². The molecule has 0 heterocycles. The van der Waals surface area contributed by atoms with Crippen molar-refractivity contribution in [3.63, 3.8) is 0 Å². The number of carboxylic acids is 1. The van der Waals surface area contributed by atoms with Crippen LogP contribution in [0.15, 0.2) is 91.0 Å². The van der Waals surface area contributed by atoms with Gasteiger partial charge in [-0.05, 0) is 71.1 Å². The van der Waals surface area contributed by atoms with Crippen LogP contribution in [0.4, 0.5) is 5.69 Å². The highest BCUT2D eigenvalue weighted by Gasteiger charge is 2.15. The molecule has 4 aromatic rings. The topological polar surface area (TPSA) is 134 Å². The van der Waals surface area contributed by atoms with E-state index in [1.807, 2.05) is 61.5 Å². The predicted octanol–water partition coefficient (Wildman–Crippen LogP) is 5.01. The molecular formula is C32H34N2O7S. The zero-order valence-electron chi connectivity index (χ0n) is 23.4. The van der Waals surface area contributed by atoms with Crippen LogP contribution < -0.4 is 19.5 Å². The SMILES string of the molecule is Cc1cc(C(=O)O)ccc1-c1ccc(OCCNCC(O)c2ccc(OCc3ccccc3)c(NS(C)(=O)=O)c2)cc1. The molecule has 0 saturated carbocycles. The van der Waals surface area contributed by atoms with Crippen LogP contribution in [0.25, 0.3) is 11.1 Å². The van der Waals surface area contributed by atoms with E-state index in [4.69, 9.17) is 14.6 Å². The van der Waals surface area contributed by atoms with Gasteiger partial charge in [-0.15, -0.1) is 0 Å². The first kappa shape index (κ1) is 30.6. The summed E-state index contributed by atoms with van der Waals surface area (Å²) in [5.74, 6) is 0.0915. The Morgan fingerprint density at radius 1 is 0.929 bits per heavy atom. The molecule has 0 saturated heterocycles. The lowest BCUT2D eigenvalue weighted by Crippen LogP contribution is -2.26. The van der Waals surface area contributed by atoms with Crippen LogP contribution in [-0.2, 0) is 16.6 Å². The maximum Gasteiger partial charge on any atom is 0.335 e. The quantitative estimate of drug-likeness (QED) is 0.151. The average molecular weight is 591 g/mol. The van der Waals surface area contributed by atoms with Crippen LogP contribution >= 0.6 is 0 Å². The number of nitrogens with one attached hydrogen (secondary N) is 2. The summed E-state index contributed by atoms with van der Waals surface area (Å²) in [4.78, 5) is 11.2. The van der Waals surface area contributed by atoms with Gasteiger partial charge >= 0.3 is 5.97 Å². The van der Waals surface area contributed by atoms with E-state index >= 15 is 0 Å². The maximum absolute atomic E-state index is 11.9. The first-order valence-electron chi connectivity index (χ1n) is 13.3. The molecule has 0 aliphatic rings. The Balaban J connectivity index is 1.28. The summed E-state index contributed by atoms with van der Waals surface area (Å²) in [6.07, 6.45) is 0.175. The van der Waals surface area contributed by atoms with Gasteiger partial charge in [-0.25, -0.2) is 13.2 Å². The largest absolute Gasteiger partial charge is 0.492 e. The van der Waals surface area contributed by atoms with Gasteiger partial charge in [0, 0.05) is 13.1 Å². The minimum Gasteiger partial charge on any atom is -0.492 e. The van der Waals surface area contributed by atoms with E-state index < -0.39 is 22.1 Å². The number of ether oxygens (including phenoxy) is 2. The number of carbonyl (C=O) groups is 1. The van der Waals surface area contributed by atoms with Gasteiger partial charge in [0.2, 0.25) is 10.0 Å². The molecular weight excluding hydrogens is 556 g/mol. The lowest BCUT2D eigenvalue weighted by atomic mass is 9.98. The fourth-order valence-electron chi connectivity index (χ4n) is 4.34. The van der Waals surface area contributed by atoms with E-state index in [2.05, 4.69) is 10.0 Å². The summed E-state index contributed by atoms with van der Waals surface area (Å²) in [5.41, 5.74) is 4.77. The summed E-state index contributed by atoms with van der Waals surface area (Å²) in [7, 11) is -3.57. The maximum atomic E-state index is 11.9. The van der Waals surface area contributed by atoms with Gasteiger partial charge in [0.15, 0.2) is 0 Å². The van der Waals surface area contributed by atoms with Crippen molar-refractivity contribution in [2.24, 2.45) is 0 Å². The number of aryl methyl sites for hydroxylation is 1. The lowest BCUT2D eigenvalue weighted by molar-refractivity contribution is 0.0696. The molecule has 0 aromatic heterocycles. The molecule has 10 heteroatoms. The number of hydrogen-bond acceptors (Lipinski definition) is 7. The standard InChI is InChI=1S/C32H34N2O7S/c1-22-18-26(32(36)37)10-14-28(22)24-8-12-27(13-9-24)40-17-16-33-20-30(35)25-11-15-31(29(19-25)34-42(2,38)39)41-21-23-6-4-3-5-7-23/h3-15,18-19,30,33-35H,16-17,20-21H2,1-2H3,(H,36,37). The molecule has 0 bridgehead atoms. The summed E-state index contributed by atoms with van der Waals surface area (Å²) in [6, 6.07) is 27.0. The van der Waals surface area contributed by atoms with Crippen LogP contribution in [0.5, 0.6) is 11.5 Å². The fraction of sp³-hybridized carbons (Fsp3) is 0.219. The fourth-order valence-corrected chi connectivity index (χ4v) is 4.90. The number of carboxylic acid groups (broad SMARTS) is 1. The number of hydrogen-bond donors (Lipinski definition) is 4. The number of rotatable bonds is 14. The van der Waals surface area contributed by atoms with E-state index in [0.29, 0.717) is 30.2 Å². The molecule has 1 atom stereocenters. The smallest absolute Gasteiger partial charge is 0.335 e. The third-order valence-corrected chi connectivity index (χ3v) is 7.04. The van der Waals surface area contributed by atoms with Crippen LogP contribution in [0.3, 0.4) is 0 Å². The minimum atomic E-state index is -3.57. The zero-order chi connectivity index (χ0) is 30.1. The molecule has 0 aliphatic heterocycles. The van der Waals surface area contributed by atoms with Gasteiger partial charge in [-0.2, -0.15) is 0 Å². The molecule has 9 nitrogen and oxygen atoms in total. The molecule has 220 valence electrons. The predicted molar refractivity (Wildman–Crippen MR) is 163 cm³/mol. The Bertz CT molecular complexity index is 1610. The Morgan fingerprint density at radius 2 is 1.67 bits per heavy atom. The van der Waals surface area contributed by atoms with E-state index in [0.717, 1.165) is 28.5 Å². The molecule has 42 heavy (non-hydrogen) atoms. The van der Waals surface area contributed by atoms with E-state index in [1.54, 1.807) is 36.4 Å². The first-order valence-corrected chi connectivity index (χ1v) is 15.2. The number of anilines is 1. The summed E-state index contributed by atoms with van der Waals surface area (Å²) >= 11 is 0. The summed E-state index contributed by atoms with van der Waals surface area (Å²) in [6.45, 7) is 3.22. The molecule has 0 spiro atoms. The monoisotopic (exact) mass is 590 g/mol. The lowest BCUT2D eigenvalue weighted by Gasteiger charge is -2.17. The Kier molecular flexibility index (Phi) is 10.2. The van der Waals surface area contributed by atoms with Gasteiger partial charge in [-0.3, -0.25) is 4.72 Å². The van der Waals surface area contributed by atoms with Crippen LogP contribution in [-0.4, -0.2) is 50.6 Å². The van der Waals surface area contributed by atoms with Crippen LogP contribution in [0.2, 0.25) is 0 Å². The highest BCUT2D eigenvalue weighted by molar-refractivity contribution is 7.92. The molecule has 4 aromatic carbocycles. The van der Waals surface area contributed by atoms with Crippen molar-refractivity contribution in [2.75, 3.05) is 30.7 Å². The van der Waals surface area contributed by atoms with Crippen molar-refractivity contribution in [1.82, 2.24) is 5.32 Å². The van der Waals surface area contributed by atoms with E-state index in [9.17, 15) is 18.3 Å². The molecule has 0 fully saturated rings. The first-order chi connectivity index (χ1) is 20.1. The van der Waals surface area contributed by atoms with Crippen molar-refractivity contribution >= 4 is 21.7 Å². The summed E-state index contributed by atoms with van der Waals surface area (Å²) in [5, 5.41) is 23.0. The van der Waals surface area contributed by atoms with Gasteiger partial charge in [0.05, 0.1) is 23.6 Å². The molecule has 0 radical (unpaired) electrons. The van der Waals surface area contributed by atoms with Crippen molar-refractivity contribution in [1.29, 1.82) is 0 Å². The highest BCUT2D eigenvalue weighted by Crippen LogP contribution is 2.30. The zero-order valence-corrected chi connectivity index (χ0v) is 24.2. The third-order valence-electron chi connectivity index (χ3n) is 6.44. The number of sulfonamides is 1. The minimum absolute atomic E-state index is 0.233. The number of benzene rings is 4. The molecule has 1 unspecified atom stereocenters. The molecule has 4 rings (SSSR count). The number of aliphatic hydroxyl groups is 1. The third kappa shape index (κ3) is 8.81. The van der Waals surface area contributed by atoms with E-state index in [1.165, 1.54) is 0 Å². The molecule has 0 aliphatic carbocycles. The Hall–Kier alpha value is -4.38. The average Bonchev–Trinajstić information content (AvgIpc) is 2.96. The second kappa shape index (κ2) is 14.0. The van der Waals surface area contributed by atoms with Gasteiger partial charge < -0.3 is 25.0 Å². The second-order valence-electron chi connectivity index (χ2n) is 9.83. The van der Waals surface area contributed by atoms with Crippen LogP contribution in [0.1, 0.15) is 33.2 Å². The second-order valence-corrected chi connectivity index (χ2v) is 11.6. The van der Waals surface area contributed by atoms with Gasteiger partial charge in [0.25, 0.3) is 0 Å². The molecule has 0 amide bonds. The molecule has 4 N–H and O–H groups in total. The Labute approximate surface area is 245 Å². The normalized spacial score (nSPS) is 12.0. The summed E-state index contributed by atoms with van der Waals surface area (Å²) < 4.78 is 38.0. The van der Waals surface area contributed by atoms with Crippen LogP contribution in [0, 0.1) is 6.92 Å². The number of aromatic carboxylic acids is 1.